The molecule has 0 spiro atoms. The summed E-state index contributed by atoms with van der Waals surface area (Å²) in [6, 6.07) is 9.73. The fourth-order valence-corrected chi connectivity index (χ4v) is 8.26. The average molecular weight is 468 g/mol. The summed E-state index contributed by atoms with van der Waals surface area (Å²) in [5.41, 5.74) is 1.27. The Morgan fingerprint density at radius 2 is 1.92 bits per heavy atom. The van der Waals surface area contributed by atoms with E-state index in [4.69, 9.17) is 4.74 Å². The van der Waals surface area contributed by atoms with Gasteiger partial charge < -0.3 is 0 Å². The number of carbonyl (C=O) groups excluding carboxylic acids is 1. The normalized spacial score (nSPS) is 29.0. The summed E-state index contributed by atoms with van der Waals surface area (Å²) in [5, 5.41) is 0. The van der Waals surface area contributed by atoms with E-state index in [2.05, 4.69) is 44.0 Å². The number of ether oxygens (including phenoxy) is 1. The monoisotopic (exact) mass is 469 g/mol. The van der Waals surface area contributed by atoms with E-state index in [-0.39, 0.29) is 30.5 Å². The summed E-state index contributed by atoms with van der Waals surface area (Å²) in [6.45, 7) is 0.464. The number of piperidine rings is 1. The zero-order chi connectivity index (χ0) is 18.9. The summed E-state index contributed by atoms with van der Waals surface area (Å²) in [6.07, 6.45) is 3.65. The van der Waals surface area contributed by atoms with Crippen LogP contribution in [0.15, 0.2) is 24.3 Å². The van der Waals surface area contributed by atoms with Crippen LogP contribution in [0.2, 0.25) is 14.8 Å². The summed E-state index contributed by atoms with van der Waals surface area (Å²) in [5.74, 6) is -0.0298. The van der Waals surface area contributed by atoms with Gasteiger partial charge in [-0.15, -0.1) is 0 Å². The number of hydrogen-bond donors (Lipinski definition) is 0. The third-order valence-corrected chi connectivity index (χ3v) is 12.2. The van der Waals surface area contributed by atoms with E-state index >= 15 is 0 Å². The Bertz CT molecular complexity index is 628. The summed E-state index contributed by atoms with van der Waals surface area (Å²) in [7, 11) is 1.49. The van der Waals surface area contributed by atoms with Gasteiger partial charge in [0, 0.05) is 0 Å². The predicted molar refractivity (Wildman–Crippen MR) is 106 cm³/mol. The molecule has 3 unspecified atom stereocenters. The maximum atomic E-state index is 12.7. The zero-order valence-electron chi connectivity index (χ0n) is 16.5. The standard InChI is InChI=1S/C18H23FNO2.3CH3.Sn/c1-22-18(21)17-15(13-6-3-2-4-7-13)12-14-8-9-16(17)20(14)11-5-10-19;;;;/h3-4,6-7,14-17H,5,8-12H2,1H3;3*1H3;/t14?,15?,16?,17-;;;;/m0..../s1. The van der Waals surface area contributed by atoms with Gasteiger partial charge in [-0.25, -0.2) is 0 Å². The molecule has 4 atom stereocenters. The Morgan fingerprint density at radius 1 is 1.23 bits per heavy atom. The molecule has 0 radical (unpaired) electrons. The van der Waals surface area contributed by atoms with Gasteiger partial charge >= 0.3 is 161 Å². The second-order valence-corrected chi connectivity index (χ2v) is 23.3. The molecular formula is C21H32FNO2Sn. The summed E-state index contributed by atoms with van der Waals surface area (Å²) in [4.78, 5) is 22.3. The van der Waals surface area contributed by atoms with Crippen molar-refractivity contribution in [2.75, 3.05) is 20.3 Å². The van der Waals surface area contributed by atoms with Gasteiger partial charge in [0.05, 0.1) is 0 Å². The van der Waals surface area contributed by atoms with Gasteiger partial charge in [-0.05, 0) is 0 Å². The molecule has 3 nitrogen and oxygen atoms in total. The van der Waals surface area contributed by atoms with Gasteiger partial charge in [0.1, 0.15) is 0 Å². The number of carbonyl (C=O) groups is 1. The summed E-state index contributed by atoms with van der Waals surface area (Å²) < 4.78 is 19.4. The second kappa shape index (κ2) is 8.17. The number of esters is 1. The molecule has 5 heteroatoms. The molecule has 26 heavy (non-hydrogen) atoms. The third kappa shape index (κ3) is 3.96. The minimum absolute atomic E-state index is 0.107. The SMILES string of the molecule is COC(=O)[C@H]1C(c2cc[c]([Sn]([CH3])([CH3])[CH3])cc2)CC2CCC1N2CCCF. The van der Waals surface area contributed by atoms with Crippen molar-refractivity contribution in [2.45, 2.75) is 58.5 Å². The third-order valence-electron chi connectivity index (χ3n) is 6.29. The van der Waals surface area contributed by atoms with Crippen LogP contribution in [-0.2, 0) is 9.53 Å². The van der Waals surface area contributed by atoms with Crippen LogP contribution < -0.4 is 3.58 Å². The topological polar surface area (TPSA) is 29.5 Å². The van der Waals surface area contributed by atoms with Crippen LogP contribution >= 0.6 is 0 Å². The first-order chi connectivity index (χ1) is 12.4. The van der Waals surface area contributed by atoms with Crippen molar-refractivity contribution in [3.05, 3.63) is 29.8 Å². The van der Waals surface area contributed by atoms with Crippen LogP contribution in [0.5, 0.6) is 0 Å². The van der Waals surface area contributed by atoms with E-state index in [1.807, 2.05) is 0 Å². The van der Waals surface area contributed by atoms with Gasteiger partial charge in [0.15, 0.2) is 0 Å². The molecule has 1 aromatic rings. The molecular weight excluding hydrogens is 436 g/mol. The molecule has 2 bridgehead atoms. The molecule has 2 saturated heterocycles. The van der Waals surface area contributed by atoms with Crippen molar-refractivity contribution >= 4 is 27.9 Å². The van der Waals surface area contributed by atoms with Crippen LogP contribution in [0.25, 0.3) is 0 Å². The molecule has 2 fully saturated rings. The predicted octanol–water partition coefficient (Wildman–Crippen LogP) is 3.70. The molecule has 0 aliphatic carbocycles. The number of nitrogens with zero attached hydrogens (tertiary/aromatic N) is 1. The quantitative estimate of drug-likeness (QED) is 0.472. The van der Waals surface area contributed by atoms with Crippen LogP contribution in [0.1, 0.15) is 37.2 Å². The minimum atomic E-state index is -2.07. The number of alkyl halides is 1. The number of rotatable bonds is 6. The van der Waals surface area contributed by atoms with Crippen LogP contribution in [-0.4, -0.2) is 61.7 Å². The number of halogens is 1. The number of benzene rings is 1. The average Bonchev–Trinajstić information content (AvgIpc) is 2.89. The van der Waals surface area contributed by atoms with Crippen LogP contribution in [0.3, 0.4) is 0 Å². The van der Waals surface area contributed by atoms with E-state index in [1.54, 1.807) is 0 Å². The first-order valence-corrected chi connectivity index (χ1v) is 19.9. The molecule has 2 aliphatic rings. The number of methoxy groups -OCH3 is 1. The van der Waals surface area contributed by atoms with Gasteiger partial charge in [-0.2, -0.15) is 0 Å². The fraction of sp³-hybridized carbons (Fsp3) is 0.667. The molecule has 0 N–H and O–H groups in total. The number of hydrogen-bond acceptors (Lipinski definition) is 3. The van der Waals surface area contributed by atoms with E-state index in [0.717, 1.165) is 25.8 Å². The molecule has 0 saturated carbocycles. The van der Waals surface area contributed by atoms with E-state index in [0.29, 0.717) is 12.5 Å². The van der Waals surface area contributed by atoms with Crippen LogP contribution in [0.4, 0.5) is 4.39 Å². The Labute approximate surface area is 161 Å². The zero-order valence-corrected chi connectivity index (χ0v) is 19.4. The van der Waals surface area contributed by atoms with Crippen molar-refractivity contribution in [1.82, 2.24) is 4.90 Å². The molecule has 2 aliphatic heterocycles. The van der Waals surface area contributed by atoms with Gasteiger partial charge in [0.2, 0.25) is 0 Å². The van der Waals surface area contributed by atoms with E-state index in [9.17, 15) is 9.18 Å². The summed E-state index contributed by atoms with van der Waals surface area (Å²) >= 11 is -2.07. The molecule has 2 heterocycles. The van der Waals surface area contributed by atoms with Crippen LogP contribution in [0, 0.1) is 5.92 Å². The molecule has 1 aromatic carbocycles. The Hall–Kier alpha value is -0.621. The molecule has 3 rings (SSSR count). The van der Waals surface area contributed by atoms with Crippen molar-refractivity contribution < 1.29 is 13.9 Å². The Kier molecular flexibility index (Phi) is 6.32. The van der Waals surface area contributed by atoms with E-state index < -0.39 is 18.4 Å². The van der Waals surface area contributed by atoms with Gasteiger partial charge in [0.25, 0.3) is 0 Å². The fourth-order valence-electron chi connectivity index (χ4n) is 4.93. The van der Waals surface area contributed by atoms with Gasteiger partial charge in [-0.3, -0.25) is 0 Å². The molecule has 144 valence electrons. The number of fused-ring (bicyclic) bond motifs is 2. The molecule has 0 aromatic heterocycles. The first kappa shape index (κ1) is 20.1. The van der Waals surface area contributed by atoms with E-state index in [1.165, 1.54) is 16.3 Å². The van der Waals surface area contributed by atoms with Crippen molar-refractivity contribution in [3.63, 3.8) is 0 Å². The molecule has 0 amide bonds. The van der Waals surface area contributed by atoms with Crippen molar-refractivity contribution in [2.24, 2.45) is 5.92 Å². The Morgan fingerprint density at radius 3 is 2.50 bits per heavy atom. The second-order valence-electron chi connectivity index (χ2n) is 8.84. The van der Waals surface area contributed by atoms with Gasteiger partial charge in [-0.1, -0.05) is 0 Å². The van der Waals surface area contributed by atoms with Crippen molar-refractivity contribution in [1.29, 1.82) is 0 Å². The van der Waals surface area contributed by atoms with Crippen molar-refractivity contribution in [3.8, 4) is 0 Å². The maximum absolute atomic E-state index is 12.7. The first-order valence-electron chi connectivity index (χ1n) is 9.86. The Balaban J connectivity index is 1.88.